The molecular weight excluding hydrogens is 584 g/mol. The number of cyclic esters (lactones) is 1. The molecule has 232 valence electrons. The summed E-state index contributed by atoms with van der Waals surface area (Å²) >= 11 is 0. The predicted octanol–water partition coefficient (Wildman–Crippen LogP) is 0.386. The molecule has 43 heavy (non-hydrogen) atoms. The summed E-state index contributed by atoms with van der Waals surface area (Å²) in [7, 11) is 0. The van der Waals surface area contributed by atoms with E-state index >= 15 is 0 Å². The third-order valence-electron chi connectivity index (χ3n) is 7.32. The van der Waals surface area contributed by atoms with Crippen LogP contribution >= 0.6 is 0 Å². The minimum Gasteiger partial charge on any atom is -0.507 e. The van der Waals surface area contributed by atoms with Crippen LogP contribution in [0.15, 0.2) is 24.3 Å². The fourth-order valence-electron chi connectivity index (χ4n) is 4.65. The van der Waals surface area contributed by atoms with Crippen molar-refractivity contribution in [2.24, 2.45) is 5.92 Å². The lowest BCUT2D eigenvalue weighted by atomic mass is 9.91. The Bertz CT molecular complexity index is 1430. The number of benzene rings is 1. The van der Waals surface area contributed by atoms with Crippen molar-refractivity contribution in [3.05, 3.63) is 58.9 Å². The highest BCUT2D eigenvalue weighted by molar-refractivity contribution is 6.00. The number of pyridine rings is 1. The smallest absolute Gasteiger partial charge is 0.331 e. The van der Waals surface area contributed by atoms with Crippen LogP contribution in [0.5, 0.6) is 5.75 Å². The molecule has 2 aliphatic rings. The number of hydrogen-bond acceptors (Lipinski definition) is 9. The van der Waals surface area contributed by atoms with Crippen molar-refractivity contribution in [2.45, 2.75) is 63.1 Å². The number of hydrogen-bond donors (Lipinski definition) is 5. The number of phenols is 1. The van der Waals surface area contributed by atoms with Crippen LogP contribution in [0.3, 0.4) is 0 Å². The zero-order chi connectivity index (χ0) is 31.6. The van der Waals surface area contributed by atoms with Gasteiger partial charge in [0.1, 0.15) is 17.9 Å². The zero-order valence-electron chi connectivity index (χ0n) is 22.8. The summed E-state index contributed by atoms with van der Waals surface area (Å²) in [4.78, 5) is 55.3. The van der Waals surface area contributed by atoms with Crippen molar-refractivity contribution >= 4 is 23.7 Å². The number of ether oxygens (including phenoxy) is 2. The molecule has 0 bridgehead atoms. The highest BCUT2D eigenvalue weighted by atomic mass is 19.2. The molecule has 1 aromatic carbocycles. The molecule has 7 atom stereocenters. The van der Waals surface area contributed by atoms with Crippen LogP contribution in [0, 0.1) is 29.4 Å². The highest BCUT2D eigenvalue weighted by Gasteiger charge is 2.43. The van der Waals surface area contributed by atoms with Gasteiger partial charge >= 0.3 is 5.97 Å². The first kappa shape index (κ1) is 31.6. The lowest BCUT2D eigenvalue weighted by Crippen LogP contribution is -2.62. The number of esters is 1. The third-order valence-corrected chi connectivity index (χ3v) is 7.32. The van der Waals surface area contributed by atoms with Gasteiger partial charge < -0.3 is 35.6 Å². The van der Waals surface area contributed by atoms with Crippen LogP contribution in [-0.2, 0) is 30.3 Å². The van der Waals surface area contributed by atoms with E-state index in [0.29, 0.717) is 6.42 Å². The minimum absolute atomic E-state index is 0.254. The Morgan fingerprint density at radius 2 is 1.72 bits per heavy atom. The second-order valence-corrected chi connectivity index (χ2v) is 10.2. The number of aromatic hydroxyl groups is 1. The van der Waals surface area contributed by atoms with Crippen molar-refractivity contribution in [1.29, 1.82) is 0 Å². The van der Waals surface area contributed by atoms with Gasteiger partial charge in [0.25, 0.3) is 11.9 Å². The Morgan fingerprint density at radius 3 is 2.35 bits per heavy atom. The maximum atomic E-state index is 14.6. The summed E-state index contributed by atoms with van der Waals surface area (Å²) < 4.78 is 67.2. The molecule has 2 unspecified atom stereocenters. The SMILES string of the molecule is C[C@H]1OC(=O)C(C2CCO2)NC(=O)[C@H](C)[C@H](O)[C@H](Cc2c(F)nc(F)c(F)c2F)NC(=O)[C@H]1NC(=O)c1ccccc1O. The van der Waals surface area contributed by atoms with Gasteiger partial charge in [0.2, 0.25) is 23.6 Å². The van der Waals surface area contributed by atoms with Crippen LogP contribution in [0.1, 0.15) is 36.2 Å². The molecule has 2 aliphatic heterocycles. The Morgan fingerprint density at radius 1 is 1.05 bits per heavy atom. The van der Waals surface area contributed by atoms with E-state index in [4.69, 9.17) is 9.47 Å². The molecular formula is C27H28F4N4O8. The van der Waals surface area contributed by atoms with Crippen LogP contribution in [0.25, 0.3) is 0 Å². The summed E-state index contributed by atoms with van der Waals surface area (Å²) in [6.07, 6.45) is -4.88. The number of rotatable bonds is 5. The Kier molecular flexibility index (Phi) is 9.49. The van der Waals surface area contributed by atoms with Gasteiger partial charge in [0.15, 0.2) is 11.9 Å². The highest BCUT2D eigenvalue weighted by Crippen LogP contribution is 2.23. The fourth-order valence-corrected chi connectivity index (χ4v) is 4.65. The van der Waals surface area contributed by atoms with Crippen molar-refractivity contribution in [3.8, 4) is 5.75 Å². The quantitative estimate of drug-likeness (QED) is 0.182. The number of para-hydroxylation sites is 1. The topological polar surface area (TPSA) is 176 Å². The number of nitrogens with one attached hydrogen (secondary N) is 3. The average molecular weight is 613 g/mol. The number of nitrogens with zero attached hydrogens (tertiary/aromatic N) is 1. The van der Waals surface area contributed by atoms with E-state index in [1.165, 1.54) is 38.1 Å². The van der Waals surface area contributed by atoms with E-state index in [-0.39, 0.29) is 12.2 Å². The van der Waals surface area contributed by atoms with E-state index in [1.807, 2.05) is 0 Å². The first-order chi connectivity index (χ1) is 20.3. The van der Waals surface area contributed by atoms with Gasteiger partial charge in [-0.05, 0) is 25.5 Å². The predicted molar refractivity (Wildman–Crippen MR) is 136 cm³/mol. The molecule has 16 heteroatoms. The lowest BCUT2D eigenvalue weighted by Gasteiger charge is -2.37. The van der Waals surface area contributed by atoms with Gasteiger partial charge in [-0.3, -0.25) is 14.4 Å². The summed E-state index contributed by atoms with van der Waals surface area (Å²) in [5, 5.41) is 28.2. The van der Waals surface area contributed by atoms with Crippen molar-refractivity contribution in [2.75, 3.05) is 6.61 Å². The Balaban J connectivity index is 1.73. The molecule has 0 spiro atoms. The van der Waals surface area contributed by atoms with Gasteiger partial charge in [0.05, 0.1) is 29.7 Å². The molecule has 2 fully saturated rings. The number of phenolic OH excluding ortho intramolecular Hbond substituents is 1. The largest absolute Gasteiger partial charge is 0.507 e. The average Bonchev–Trinajstić information content (AvgIpc) is 2.93. The molecule has 2 saturated heterocycles. The molecule has 3 amide bonds. The Labute approximate surface area is 241 Å². The first-order valence-corrected chi connectivity index (χ1v) is 13.2. The number of aliphatic hydroxyl groups is 1. The third kappa shape index (κ3) is 6.69. The maximum Gasteiger partial charge on any atom is 0.331 e. The second kappa shape index (κ2) is 12.9. The number of aliphatic hydroxyl groups excluding tert-OH is 1. The summed E-state index contributed by atoms with van der Waals surface area (Å²) in [5.74, 6) is -13.9. The number of aromatic nitrogens is 1. The molecule has 0 saturated carbocycles. The Hall–Kier alpha value is -4.31. The van der Waals surface area contributed by atoms with Crippen molar-refractivity contribution < 1.29 is 56.4 Å². The van der Waals surface area contributed by atoms with E-state index < -0.39 is 107 Å². The second-order valence-electron chi connectivity index (χ2n) is 10.2. The van der Waals surface area contributed by atoms with Gasteiger partial charge in [-0.1, -0.05) is 19.1 Å². The number of amides is 3. The zero-order valence-corrected chi connectivity index (χ0v) is 22.8. The van der Waals surface area contributed by atoms with E-state index in [0.717, 1.165) is 0 Å². The minimum atomic E-state index is -2.10. The molecule has 4 rings (SSSR count). The number of halogens is 4. The molecule has 3 heterocycles. The molecule has 2 aromatic rings. The fraction of sp³-hybridized carbons (Fsp3) is 0.444. The molecule has 12 nitrogen and oxygen atoms in total. The molecule has 5 N–H and O–H groups in total. The summed E-state index contributed by atoms with van der Waals surface area (Å²) in [6, 6.07) is 0.430. The summed E-state index contributed by atoms with van der Waals surface area (Å²) in [6.45, 7) is 2.69. The molecule has 1 aromatic heterocycles. The van der Waals surface area contributed by atoms with Crippen molar-refractivity contribution in [3.63, 3.8) is 0 Å². The van der Waals surface area contributed by atoms with Gasteiger partial charge in [0, 0.05) is 18.6 Å². The van der Waals surface area contributed by atoms with Gasteiger partial charge in [-0.25, -0.2) is 9.18 Å². The van der Waals surface area contributed by atoms with E-state index in [2.05, 4.69) is 20.9 Å². The van der Waals surface area contributed by atoms with Crippen LogP contribution in [0.2, 0.25) is 0 Å². The normalized spacial score (nSPS) is 28.3. The van der Waals surface area contributed by atoms with Gasteiger partial charge in [-0.2, -0.15) is 18.2 Å². The summed E-state index contributed by atoms with van der Waals surface area (Å²) in [5.41, 5.74) is -1.40. The monoisotopic (exact) mass is 612 g/mol. The standard InChI is InChI=1S/C27H28F4N4O8/c1-10-21(37)14(9-13-17(28)18(29)23(31)35-22(13)30)32-26(40)19(33-25(39)12-5-3-4-6-15(12)36)11(2)43-27(41)20(34-24(10)38)16-7-8-42-16/h3-6,10-11,14,16,19-21,36-37H,7-9H2,1-2H3,(H,32,40)(H,33,39)(H,34,38)/t10-,11-,14+,16?,19+,20?,21+/m1/s1. The van der Waals surface area contributed by atoms with Crippen LogP contribution in [-0.4, -0.2) is 81.9 Å². The van der Waals surface area contributed by atoms with Crippen LogP contribution in [0.4, 0.5) is 17.6 Å². The molecule has 0 radical (unpaired) electrons. The maximum absolute atomic E-state index is 14.6. The van der Waals surface area contributed by atoms with E-state index in [9.17, 15) is 47.0 Å². The van der Waals surface area contributed by atoms with Gasteiger partial charge in [-0.15, -0.1) is 0 Å². The number of carbonyl (C=O) groups excluding carboxylic acids is 4. The lowest BCUT2D eigenvalue weighted by molar-refractivity contribution is -0.166. The van der Waals surface area contributed by atoms with E-state index in [1.54, 1.807) is 0 Å². The molecule has 0 aliphatic carbocycles. The number of carbonyl (C=O) groups is 4. The first-order valence-electron chi connectivity index (χ1n) is 13.2. The van der Waals surface area contributed by atoms with Crippen molar-refractivity contribution in [1.82, 2.24) is 20.9 Å². The van der Waals surface area contributed by atoms with Crippen LogP contribution < -0.4 is 16.0 Å².